The number of anilines is 1. The van der Waals surface area contributed by atoms with E-state index in [9.17, 15) is 26.3 Å². The summed E-state index contributed by atoms with van der Waals surface area (Å²) in [7, 11) is 3.37. The fraction of sp³-hybridized carbons (Fsp3) is 0.520. The number of hydrogen-bond donors (Lipinski definition) is 1. The van der Waals surface area contributed by atoms with Gasteiger partial charge in [0.25, 0.3) is 0 Å². The summed E-state index contributed by atoms with van der Waals surface area (Å²) in [6.45, 7) is 8.27. The average molecular weight is 572 g/mol. The van der Waals surface area contributed by atoms with E-state index in [1.54, 1.807) is 23.7 Å². The first-order valence-corrected chi connectivity index (χ1v) is 12.6. The minimum absolute atomic E-state index is 0.0599. The average Bonchev–Trinajstić information content (AvgIpc) is 3.40. The maximum Gasteiger partial charge on any atom is 0.416 e. The molecule has 0 amide bonds. The van der Waals surface area contributed by atoms with Crippen LogP contribution in [-0.4, -0.2) is 50.7 Å². The largest absolute Gasteiger partial charge is 0.416 e. The van der Waals surface area contributed by atoms with Crippen molar-refractivity contribution in [1.82, 2.24) is 30.2 Å². The molecule has 1 aromatic carbocycles. The lowest BCUT2D eigenvalue weighted by Crippen LogP contribution is -2.45. The number of alkyl halides is 6. The van der Waals surface area contributed by atoms with E-state index < -0.39 is 29.8 Å². The van der Waals surface area contributed by atoms with Crippen molar-refractivity contribution in [2.75, 3.05) is 18.5 Å². The minimum Gasteiger partial charge on any atom is -0.354 e. The van der Waals surface area contributed by atoms with Crippen molar-refractivity contribution in [3.8, 4) is 0 Å². The smallest absolute Gasteiger partial charge is 0.354 e. The molecule has 0 radical (unpaired) electrons. The number of nitrogens with zero attached hydrogens (tertiary/aromatic N) is 8. The number of hydrogen-bond acceptors (Lipinski definition) is 8. The van der Waals surface area contributed by atoms with E-state index in [0.29, 0.717) is 23.6 Å². The molecule has 0 bridgehead atoms. The fourth-order valence-electron chi connectivity index (χ4n) is 4.79. The van der Waals surface area contributed by atoms with E-state index in [0.717, 1.165) is 23.2 Å². The van der Waals surface area contributed by atoms with Gasteiger partial charge in [-0.15, -0.1) is 5.11 Å². The fourth-order valence-corrected chi connectivity index (χ4v) is 4.79. The van der Waals surface area contributed by atoms with Gasteiger partial charge in [-0.05, 0) is 57.5 Å². The Bertz CT molecular complexity index is 1360. The molecule has 1 atom stereocenters. The van der Waals surface area contributed by atoms with Crippen LogP contribution >= 0.6 is 0 Å². The Labute approximate surface area is 227 Å². The van der Waals surface area contributed by atoms with Crippen molar-refractivity contribution >= 4 is 16.9 Å². The van der Waals surface area contributed by atoms with E-state index in [2.05, 4.69) is 25.8 Å². The number of benzene rings is 1. The normalized spacial score (nSPS) is 16.2. The van der Waals surface area contributed by atoms with Crippen LogP contribution < -0.4 is 10.3 Å². The zero-order valence-electron chi connectivity index (χ0n) is 22.9. The highest BCUT2D eigenvalue weighted by atomic mass is 19.4. The standard InChI is InChI=1S/C25H31F6N9/c1-7-40(14(2)3)21-17(10-20-15(4)34-37(5)22(20)32-21)13-39(23-33-36-38(6)35-23)12-16-8-18(24(26,27)28)11-19(9-16)25(29,30)31/h8-11,14,23,35H,7,12-13H2,1-6H3. The highest BCUT2D eigenvalue weighted by Gasteiger charge is 2.37. The van der Waals surface area contributed by atoms with Crippen molar-refractivity contribution in [3.05, 3.63) is 52.2 Å². The monoisotopic (exact) mass is 571 g/mol. The highest BCUT2D eigenvalue weighted by molar-refractivity contribution is 5.81. The summed E-state index contributed by atoms with van der Waals surface area (Å²) >= 11 is 0. The van der Waals surface area contributed by atoms with Crippen LogP contribution in [0.4, 0.5) is 32.2 Å². The van der Waals surface area contributed by atoms with Crippen LogP contribution in [0.3, 0.4) is 0 Å². The molecule has 40 heavy (non-hydrogen) atoms. The van der Waals surface area contributed by atoms with Gasteiger partial charge >= 0.3 is 12.4 Å². The zero-order valence-corrected chi connectivity index (χ0v) is 22.9. The molecule has 218 valence electrons. The van der Waals surface area contributed by atoms with E-state index in [1.807, 2.05) is 33.8 Å². The van der Waals surface area contributed by atoms with Gasteiger partial charge < -0.3 is 4.90 Å². The molecule has 4 rings (SSSR count). The molecule has 0 spiro atoms. The molecule has 9 nitrogen and oxygen atoms in total. The van der Waals surface area contributed by atoms with E-state index >= 15 is 0 Å². The first-order valence-electron chi connectivity index (χ1n) is 12.6. The Balaban J connectivity index is 1.83. The molecule has 1 unspecified atom stereocenters. The lowest BCUT2D eigenvalue weighted by Gasteiger charge is -2.32. The Kier molecular flexibility index (Phi) is 8.00. The van der Waals surface area contributed by atoms with Crippen LogP contribution in [0, 0.1) is 6.92 Å². The molecule has 1 aliphatic heterocycles. The van der Waals surface area contributed by atoms with Gasteiger partial charge in [0.15, 0.2) is 11.9 Å². The Morgan fingerprint density at radius 2 is 1.60 bits per heavy atom. The summed E-state index contributed by atoms with van der Waals surface area (Å²) in [4.78, 5) is 8.59. The van der Waals surface area contributed by atoms with Gasteiger partial charge in [-0.25, -0.2) is 10.1 Å². The summed E-state index contributed by atoms with van der Waals surface area (Å²) in [6.07, 6.45) is -10.8. The molecule has 15 heteroatoms. The number of pyridine rings is 1. The molecule has 0 fully saturated rings. The Hall–Kier alpha value is -3.46. The molecule has 1 aliphatic rings. The van der Waals surface area contributed by atoms with Crippen molar-refractivity contribution in [3.63, 3.8) is 0 Å². The molecule has 3 aromatic rings. The van der Waals surface area contributed by atoms with Gasteiger partial charge in [0, 0.05) is 50.7 Å². The number of rotatable bonds is 8. The maximum absolute atomic E-state index is 13.6. The minimum atomic E-state index is -4.95. The van der Waals surface area contributed by atoms with Gasteiger partial charge in [0.05, 0.1) is 16.8 Å². The predicted octanol–water partition coefficient (Wildman–Crippen LogP) is 5.65. The first-order chi connectivity index (χ1) is 18.6. The molecular weight excluding hydrogens is 540 g/mol. The third-order valence-electron chi connectivity index (χ3n) is 6.64. The van der Waals surface area contributed by atoms with Crippen LogP contribution in [0.15, 0.2) is 34.6 Å². The lowest BCUT2D eigenvalue weighted by molar-refractivity contribution is -0.143. The molecule has 0 aliphatic carbocycles. The van der Waals surface area contributed by atoms with Crippen molar-refractivity contribution in [1.29, 1.82) is 0 Å². The molecule has 0 saturated carbocycles. The molecule has 0 saturated heterocycles. The van der Waals surface area contributed by atoms with Crippen molar-refractivity contribution < 1.29 is 26.3 Å². The second kappa shape index (κ2) is 10.8. The number of fused-ring (bicyclic) bond motifs is 1. The summed E-state index contributed by atoms with van der Waals surface area (Å²) in [6, 6.07) is 3.57. The second-order valence-corrected chi connectivity index (χ2v) is 9.98. The molecule has 2 aromatic heterocycles. The number of aryl methyl sites for hydroxylation is 2. The SMILES string of the molecule is CCN(c1nc2c(cc1CN(Cc1cc(C(F)(F)F)cc(C(F)(F)F)c1)C1N=NN(C)N1)c(C)nn2C)C(C)C. The van der Waals surface area contributed by atoms with Crippen molar-refractivity contribution in [2.24, 2.45) is 17.4 Å². The van der Waals surface area contributed by atoms with Gasteiger partial charge in [-0.3, -0.25) is 9.58 Å². The van der Waals surface area contributed by atoms with Crippen LogP contribution in [0.2, 0.25) is 0 Å². The predicted molar refractivity (Wildman–Crippen MR) is 137 cm³/mol. The summed E-state index contributed by atoms with van der Waals surface area (Å²) < 4.78 is 83.0. The second-order valence-electron chi connectivity index (χ2n) is 9.98. The van der Waals surface area contributed by atoms with E-state index in [4.69, 9.17) is 4.98 Å². The number of hydrazine groups is 1. The zero-order chi connectivity index (χ0) is 29.6. The number of nitrogens with one attached hydrogen (secondary N) is 1. The van der Waals surface area contributed by atoms with Crippen molar-refractivity contribution in [2.45, 2.75) is 65.5 Å². The quantitative estimate of drug-likeness (QED) is 0.352. The van der Waals surface area contributed by atoms with Crippen LogP contribution in [0.25, 0.3) is 11.0 Å². The molecular formula is C25H31F6N9. The van der Waals surface area contributed by atoms with Crippen LogP contribution in [0.5, 0.6) is 0 Å². The lowest BCUT2D eigenvalue weighted by atomic mass is 10.0. The van der Waals surface area contributed by atoms with Gasteiger partial charge in [0.2, 0.25) is 0 Å². The van der Waals surface area contributed by atoms with Gasteiger partial charge in [0.1, 0.15) is 5.82 Å². The topological polar surface area (TPSA) is 77.2 Å². The summed E-state index contributed by atoms with van der Waals surface area (Å²) in [5.74, 6) is 0.640. The van der Waals surface area contributed by atoms with Gasteiger partial charge in [-0.1, -0.05) is 5.22 Å². The third-order valence-corrected chi connectivity index (χ3v) is 6.64. The number of aromatic nitrogens is 3. The molecule has 1 N–H and O–H groups in total. The Morgan fingerprint density at radius 1 is 0.975 bits per heavy atom. The van der Waals surface area contributed by atoms with E-state index in [1.165, 1.54) is 5.12 Å². The molecule has 3 heterocycles. The highest BCUT2D eigenvalue weighted by Crippen LogP contribution is 2.37. The third kappa shape index (κ3) is 6.14. The van der Waals surface area contributed by atoms with Gasteiger partial charge in [-0.2, -0.15) is 36.9 Å². The van der Waals surface area contributed by atoms with Crippen LogP contribution in [0.1, 0.15) is 48.7 Å². The Morgan fingerprint density at radius 3 is 2.10 bits per heavy atom. The van der Waals surface area contributed by atoms with Crippen LogP contribution in [-0.2, 0) is 32.5 Å². The summed E-state index contributed by atoms with van der Waals surface area (Å²) in [5, 5.41) is 14.6. The van der Waals surface area contributed by atoms with E-state index in [-0.39, 0.29) is 30.8 Å². The summed E-state index contributed by atoms with van der Waals surface area (Å²) in [5.41, 5.74) is 2.15. The number of halogens is 6. The maximum atomic E-state index is 13.6. The first kappa shape index (κ1) is 29.5.